The van der Waals surface area contributed by atoms with E-state index in [0.29, 0.717) is 23.6 Å². The molecule has 1 aromatic heterocycles. The maximum absolute atomic E-state index is 12.7. The lowest BCUT2D eigenvalue weighted by molar-refractivity contribution is -0.119. The molecule has 1 heterocycles. The zero-order valence-electron chi connectivity index (χ0n) is 15.0. The summed E-state index contributed by atoms with van der Waals surface area (Å²) in [5.41, 5.74) is 6.45. The van der Waals surface area contributed by atoms with Crippen molar-refractivity contribution in [2.75, 3.05) is 20.8 Å². The van der Waals surface area contributed by atoms with Gasteiger partial charge in [0.15, 0.2) is 18.1 Å². The van der Waals surface area contributed by atoms with E-state index in [-0.39, 0.29) is 12.5 Å². The molecule has 2 N–H and O–H groups in total. The average Bonchev–Trinajstić information content (AvgIpc) is 3.07. The minimum absolute atomic E-state index is 0.172. The van der Waals surface area contributed by atoms with Crippen molar-refractivity contribution in [3.8, 4) is 11.5 Å². The Morgan fingerprint density at radius 1 is 1.19 bits per heavy atom. The van der Waals surface area contributed by atoms with Crippen molar-refractivity contribution in [3.63, 3.8) is 0 Å². The summed E-state index contributed by atoms with van der Waals surface area (Å²) in [6.45, 7) is 0.140. The highest BCUT2D eigenvalue weighted by molar-refractivity contribution is 7.18. The average molecular weight is 385 g/mol. The predicted molar refractivity (Wildman–Crippen MR) is 103 cm³/mol. The molecular weight excluding hydrogens is 366 g/mol. The van der Waals surface area contributed by atoms with Crippen LogP contribution in [-0.4, -0.2) is 42.5 Å². The fraction of sp³-hybridized carbons (Fsp3) is 0.211. The smallest absolute Gasteiger partial charge is 0.255 e. The number of amides is 2. The summed E-state index contributed by atoms with van der Waals surface area (Å²) in [6, 6.07) is 12.6. The molecular formula is C19H19N3O4S. The van der Waals surface area contributed by atoms with Crippen LogP contribution in [0.25, 0.3) is 10.2 Å². The standard InChI is InChI=1S/C19H19N3O4S/c1-22(10-18-21-13-5-3-4-6-16(13)27-18)19(24)12-7-8-14(15(9-12)25-2)26-11-17(20)23/h3-9H,10-11H2,1-2H3,(H2,20,23). The summed E-state index contributed by atoms with van der Waals surface area (Å²) in [4.78, 5) is 29.8. The number of aromatic nitrogens is 1. The lowest BCUT2D eigenvalue weighted by Gasteiger charge is -2.17. The maximum Gasteiger partial charge on any atom is 0.255 e. The predicted octanol–water partition coefficient (Wildman–Crippen LogP) is 2.44. The molecule has 0 fully saturated rings. The number of hydrogen-bond acceptors (Lipinski definition) is 6. The third-order valence-electron chi connectivity index (χ3n) is 3.84. The largest absolute Gasteiger partial charge is 0.493 e. The Hall–Kier alpha value is -3.13. The first-order chi connectivity index (χ1) is 13.0. The van der Waals surface area contributed by atoms with E-state index < -0.39 is 5.91 Å². The molecule has 0 aliphatic carbocycles. The number of para-hydroxylation sites is 1. The van der Waals surface area contributed by atoms with Crippen molar-refractivity contribution < 1.29 is 19.1 Å². The van der Waals surface area contributed by atoms with Crippen LogP contribution < -0.4 is 15.2 Å². The van der Waals surface area contributed by atoms with Crippen LogP contribution in [0.15, 0.2) is 42.5 Å². The maximum atomic E-state index is 12.7. The topological polar surface area (TPSA) is 94.8 Å². The van der Waals surface area contributed by atoms with Gasteiger partial charge in [0.1, 0.15) is 5.01 Å². The van der Waals surface area contributed by atoms with Crippen LogP contribution >= 0.6 is 11.3 Å². The van der Waals surface area contributed by atoms with E-state index in [1.807, 2.05) is 24.3 Å². The fourth-order valence-electron chi connectivity index (χ4n) is 2.55. The van der Waals surface area contributed by atoms with Crippen LogP contribution in [0.3, 0.4) is 0 Å². The molecule has 0 aliphatic heterocycles. The zero-order chi connectivity index (χ0) is 19.4. The highest BCUT2D eigenvalue weighted by Gasteiger charge is 2.17. The quantitative estimate of drug-likeness (QED) is 0.674. The van der Waals surface area contributed by atoms with E-state index >= 15 is 0 Å². The molecule has 7 nitrogen and oxygen atoms in total. The van der Waals surface area contributed by atoms with Gasteiger partial charge in [0, 0.05) is 12.6 Å². The van der Waals surface area contributed by atoms with E-state index in [1.165, 1.54) is 7.11 Å². The van der Waals surface area contributed by atoms with Gasteiger partial charge in [0.2, 0.25) is 0 Å². The molecule has 3 rings (SSSR count). The van der Waals surface area contributed by atoms with Gasteiger partial charge in [-0.1, -0.05) is 12.1 Å². The number of rotatable bonds is 7. The molecule has 0 unspecified atom stereocenters. The zero-order valence-corrected chi connectivity index (χ0v) is 15.8. The van der Waals surface area contributed by atoms with Crippen LogP contribution in [0.4, 0.5) is 0 Å². The summed E-state index contributed by atoms with van der Waals surface area (Å²) in [7, 11) is 3.18. The van der Waals surface area contributed by atoms with Crippen molar-refractivity contribution in [3.05, 3.63) is 53.0 Å². The van der Waals surface area contributed by atoms with Gasteiger partial charge in [-0.05, 0) is 30.3 Å². The molecule has 27 heavy (non-hydrogen) atoms. The molecule has 2 aromatic carbocycles. The number of ether oxygens (including phenoxy) is 2. The first-order valence-corrected chi connectivity index (χ1v) is 8.98. The number of benzene rings is 2. The molecule has 0 aliphatic rings. The Bertz CT molecular complexity index is 953. The molecule has 0 saturated heterocycles. The molecule has 3 aromatic rings. The van der Waals surface area contributed by atoms with E-state index in [9.17, 15) is 9.59 Å². The van der Waals surface area contributed by atoms with Crippen molar-refractivity contribution in [1.29, 1.82) is 0 Å². The lowest BCUT2D eigenvalue weighted by atomic mass is 10.1. The van der Waals surface area contributed by atoms with Crippen LogP contribution in [0.1, 0.15) is 15.4 Å². The summed E-state index contributed by atoms with van der Waals surface area (Å²) >= 11 is 1.56. The summed E-state index contributed by atoms with van der Waals surface area (Å²) in [6.07, 6.45) is 0. The van der Waals surface area contributed by atoms with Crippen molar-refractivity contribution in [2.45, 2.75) is 6.54 Å². The number of thiazole rings is 1. The second-order valence-corrected chi connectivity index (χ2v) is 6.97. The summed E-state index contributed by atoms with van der Waals surface area (Å²) in [5, 5.41) is 0.862. The molecule has 140 valence electrons. The number of hydrogen-bond donors (Lipinski definition) is 1. The van der Waals surface area contributed by atoms with Gasteiger partial charge in [0.05, 0.1) is 23.9 Å². The van der Waals surface area contributed by atoms with E-state index in [4.69, 9.17) is 15.2 Å². The van der Waals surface area contributed by atoms with Gasteiger partial charge >= 0.3 is 0 Å². The van der Waals surface area contributed by atoms with Gasteiger partial charge in [0.25, 0.3) is 11.8 Å². The Labute approximate surface area is 160 Å². The number of fused-ring (bicyclic) bond motifs is 1. The normalized spacial score (nSPS) is 10.6. The molecule has 0 atom stereocenters. The molecule has 0 bridgehead atoms. The number of primary amides is 1. The van der Waals surface area contributed by atoms with Crippen LogP contribution in [0.5, 0.6) is 11.5 Å². The van der Waals surface area contributed by atoms with Gasteiger partial charge in [-0.3, -0.25) is 9.59 Å². The molecule has 0 radical (unpaired) electrons. The Kier molecular flexibility index (Phi) is 5.56. The van der Waals surface area contributed by atoms with Crippen molar-refractivity contribution in [1.82, 2.24) is 9.88 Å². The molecule has 0 saturated carbocycles. The number of carbonyl (C=O) groups is 2. The van der Waals surface area contributed by atoms with Gasteiger partial charge in [-0.2, -0.15) is 0 Å². The second kappa shape index (κ2) is 8.05. The minimum atomic E-state index is -0.590. The van der Waals surface area contributed by atoms with Crippen LogP contribution in [-0.2, 0) is 11.3 Å². The number of nitrogens with zero attached hydrogens (tertiary/aromatic N) is 2. The number of nitrogens with two attached hydrogens (primary N) is 1. The van der Waals surface area contributed by atoms with E-state index in [0.717, 1.165) is 15.2 Å². The highest BCUT2D eigenvalue weighted by Crippen LogP contribution is 2.29. The van der Waals surface area contributed by atoms with Crippen LogP contribution in [0.2, 0.25) is 0 Å². The number of carbonyl (C=O) groups excluding carboxylic acids is 2. The lowest BCUT2D eigenvalue weighted by Crippen LogP contribution is -2.26. The SMILES string of the molecule is COc1cc(C(=O)N(C)Cc2nc3ccccc3s2)ccc1OCC(N)=O. The Balaban J connectivity index is 1.74. The van der Waals surface area contributed by atoms with Crippen molar-refractivity contribution >= 4 is 33.4 Å². The van der Waals surface area contributed by atoms with Gasteiger partial charge < -0.3 is 20.1 Å². The third kappa shape index (κ3) is 4.35. The van der Waals surface area contributed by atoms with E-state index in [1.54, 1.807) is 41.5 Å². The Morgan fingerprint density at radius 3 is 2.67 bits per heavy atom. The molecule has 2 amide bonds. The monoisotopic (exact) mass is 385 g/mol. The van der Waals surface area contributed by atoms with E-state index in [2.05, 4.69) is 4.98 Å². The van der Waals surface area contributed by atoms with Gasteiger partial charge in [-0.15, -0.1) is 11.3 Å². The first kappa shape index (κ1) is 18.7. The van der Waals surface area contributed by atoms with Gasteiger partial charge in [-0.25, -0.2) is 4.98 Å². The number of methoxy groups -OCH3 is 1. The summed E-state index contributed by atoms with van der Waals surface area (Å²) < 4.78 is 11.6. The highest BCUT2D eigenvalue weighted by atomic mass is 32.1. The summed E-state index contributed by atoms with van der Waals surface area (Å²) in [5.74, 6) is -0.0565. The Morgan fingerprint density at radius 2 is 1.96 bits per heavy atom. The second-order valence-electron chi connectivity index (χ2n) is 5.86. The molecule has 8 heteroatoms. The third-order valence-corrected chi connectivity index (χ3v) is 4.86. The minimum Gasteiger partial charge on any atom is -0.493 e. The first-order valence-electron chi connectivity index (χ1n) is 8.17. The van der Waals surface area contributed by atoms with Crippen LogP contribution in [0, 0.1) is 0 Å². The molecule has 0 spiro atoms. The fourth-order valence-corrected chi connectivity index (χ4v) is 3.57. The van der Waals surface area contributed by atoms with Crippen molar-refractivity contribution in [2.24, 2.45) is 5.73 Å².